The number of carbonyl (C=O) groups is 1. The standard InChI is InChI=1S/C19H19N3OS/c1-12-4-7-15(8-5-12)19-16(24-14(3)21-19)10-18(23)22-17-9-6-13(2)11-20-17/h4-9,11H,10H2,1-3H3,(H,20,22,23). The first-order valence-corrected chi connectivity index (χ1v) is 8.59. The molecule has 1 amide bonds. The van der Waals surface area contributed by atoms with E-state index in [4.69, 9.17) is 0 Å². The fourth-order valence-corrected chi connectivity index (χ4v) is 3.36. The summed E-state index contributed by atoms with van der Waals surface area (Å²) < 4.78 is 0. The van der Waals surface area contributed by atoms with Gasteiger partial charge in [0.1, 0.15) is 5.82 Å². The number of nitrogens with one attached hydrogen (secondary N) is 1. The van der Waals surface area contributed by atoms with Gasteiger partial charge >= 0.3 is 0 Å². The van der Waals surface area contributed by atoms with Crippen molar-refractivity contribution in [2.24, 2.45) is 0 Å². The molecule has 4 nitrogen and oxygen atoms in total. The highest BCUT2D eigenvalue weighted by atomic mass is 32.1. The van der Waals surface area contributed by atoms with Crippen molar-refractivity contribution in [3.05, 3.63) is 63.6 Å². The molecule has 5 heteroatoms. The molecule has 1 N–H and O–H groups in total. The molecular formula is C19H19N3OS. The monoisotopic (exact) mass is 337 g/mol. The average Bonchev–Trinajstić information content (AvgIpc) is 2.90. The summed E-state index contributed by atoms with van der Waals surface area (Å²) in [5.74, 6) is 0.493. The maximum absolute atomic E-state index is 12.3. The first kappa shape index (κ1) is 16.3. The summed E-state index contributed by atoms with van der Waals surface area (Å²) in [5, 5.41) is 3.80. The predicted octanol–water partition coefficient (Wildman–Crippen LogP) is 4.31. The topological polar surface area (TPSA) is 54.9 Å². The Morgan fingerprint density at radius 2 is 1.75 bits per heavy atom. The van der Waals surface area contributed by atoms with Crippen LogP contribution < -0.4 is 5.32 Å². The van der Waals surface area contributed by atoms with Crippen molar-refractivity contribution in [1.29, 1.82) is 0 Å². The van der Waals surface area contributed by atoms with Gasteiger partial charge in [-0.1, -0.05) is 35.9 Å². The van der Waals surface area contributed by atoms with Crippen LogP contribution in [-0.4, -0.2) is 15.9 Å². The lowest BCUT2D eigenvalue weighted by Crippen LogP contribution is -2.15. The van der Waals surface area contributed by atoms with Gasteiger partial charge in [-0.25, -0.2) is 9.97 Å². The van der Waals surface area contributed by atoms with E-state index in [1.807, 2.05) is 38.1 Å². The molecule has 0 spiro atoms. The lowest BCUT2D eigenvalue weighted by molar-refractivity contribution is -0.115. The van der Waals surface area contributed by atoms with Gasteiger partial charge in [0.2, 0.25) is 5.91 Å². The molecule has 2 heterocycles. The van der Waals surface area contributed by atoms with Crippen molar-refractivity contribution in [1.82, 2.24) is 9.97 Å². The molecule has 0 aliphatic carbocycles. The number of aromatic nitrogens is 2. The summed E-state index contributed by atoms with van der Waals surface area (Å²) >= 11 is 1.56. The highest BCUT2D eigenvalue weighted by molar-refractivity contribution is 7.12. The van der Waals surface area contributed by atoms with Crippen molar-refractivity contribution >= 4 is 23.1 Å². The highest BCUT2D eigenvalue weighted by Gasteiger charge is 2.15. The Balaban J connectivity index is 1.78. The minimum Gasteiger partial charge on any atom is -0.310 e. The summed E-state index contributed by atoms with van der Waals surface area (Å²) in [5.41, 5.74) is 4.20. The minimum atomic E-state index is -0.0802. The molecule has 2 aromatic heterocycles. The lowest BCUT2D eigenvalue weighted by Gasteiger charge is -2.05. The van der Waals surface area contributed by atoms with Crippen LogP contribution in [0.25, 0.3) is 11.3 Å². The fraction of sp³-hybridized carbons (Fsp3) is 0.211. The van der Waals surface area contributed by atoms with E-state index in [9.17, 15) is 4.79 Å². The second kappa shape index (κ2) is 6.93. The zero-order chi connectivity index (χ0) is 17.1. The maximum atomic E-state index is 12.3. The molecule has 122 valence electrons. The maximum Gasteiger partial charge on any atom is 0.230 e. The molecule has 0 saturated carbocycles. The number of benzene rings is 1. The van der Waals surface area contributed by atoms with Crippen LogP contribution in [-0.2, 0) is 11.2 Å². The molecule has 1 aromatic carbocycles. The summed E-state index contributed by atoms with van der Waals surface area (Å²) in [7, 11) is 0. The molecule has 0 aliphatic heterocycles. The summed E-state index contributed by atoms with van der Waals surface area (Å²) in [6.45, 7) is 5.98. The number of hydrogen-bond donors (Lipinski definition) is 1. The fourth-order valence-electron chi connectivity index (χ4n) is 2.40. The SMILES string of the molecule is Cc1ccc(-c2nc(C)sc2CC(=O)Nc2ccc(C)cn2)cc1. The van der Waals surface area contributed by atoms with Crippen LogP contribution in [0.1, 0.15) is 21.0 Å². The Kier molecular flexibility index (Phi) is 4.71. The molecule has 3 aromatic rings. The van der Waals surface area contributed by atoms with Crippen molar-refractivity contribution in [2.75, 3.05) is 5.32 Å². The van der Waals surface area contributed by atoms with E-state index in [-0.39, 0.29) is 5.91 Å². The molecule has 0 fully saturated rings. The van der Waals surface area contributed by atoms with Gasteiger partial charge in [0.15, 0.2) is 0 Å². The van der Waals surface area contributed by atoms with E-state index >= 15 is 0 Å². The second-order valence-corrected chi connectivity index (χ2v) is 7.10. The third-order valence-electron chi connectivity index (χ3n) is 3.63. The Hall–Kier alpha value is -2.53. The smallest absolute Gasteiger partial charge is 0.230 e. The third-order valence-corrected chi connectivity index (χ3v) is 4.60. The van der Waals surface area contributed by atoms with Crippen molar-refractivity contribution in [3.8, 4) is 11.3 Å². The van der Waals surface area contributed by atoms with E-state index in [1.54, 1.807) is 17.5 Å². The van der Waals surface area contributed by atoms with E-state index in [0.29, 0.717) is 12.2 Å². The predicted molar refractivity (Wildman–Crippen MR) is 98.3 cm³/mol. The molecular weight excluding hydrogens is 318 g/mol. The first-order chi connectivity index (χ1) is 11.5. The molecule has 0 saturated heterocycles. The van der Waals surface area contributed by atoms with Gasteiger partial charge in [0, 0.05) is 16.6 Å². The molecule has 0 atom stereocenters. The molecule has 0 aliphatic rings. The number of carbonyl (C=O) groups excluding carboxylic acids is 1. The van der Waals surface area contributed by atoms with Crippen LogP contribution in [0.5, 0.6) is 0 Å². The number of rotatable bonds is 4. The number of amides is 1. The number of aryl methyl sites for hydroxylation is 3. The zero-order valence-electron chi connectivity index (χ0n) is 14.0. The van der Waals surface area contributed by atoms with Crippen LogP contribution >= 0.6 is 11.3 Å². The zero-order valence-corrected chi connectivity index (χ0v) is 14.8. The molecule has 3 rings (SSSR count). The summed E-state index contributed by atoms with van der Waals surface area (Å²) in [6, 6.07) is 12.0. The lowest BCUT2D eigenvalue weighted by atomic mass is 10.1. The summed E-state index contributed by atoms with van der Waals surface area (Å²) in [6.07, 6.45) is 2.04. The number of nitrogens with zero attached hydrogens (tertiary/aromatic N) is 2. The van der Waals surface area contributed by atoms with E-state index in [1.165, 1.54) is 5.56 Å². The van der Waals surface area contributed by atoms with Gasteiger partial charge in [0.25, 0.3) is 0 Å². The van der Waals surface area contributed by atoms with Gasteiger partial charge in [0.05, 0.1) is 17.1 Å². The van der Waals surface area contributed by atoms with Crippen LogP contribution in [0.15, 0.2) is 42.6 Å². The van der Waals surface area contributed by atoms with Gasteiger partial charge in [-0.05, 0) is 32.4 Å². The van der Waals surface area contributed by atoms with Gasteiger partial charge in [-0.15, -0.1) is 11.3 Å². The Morgan fingerprint density at radius 1 is 1.04 bits per heavy atom. The van der Waals surface area contributed by atoms with Gasteiger partial charge in [-0.3, -0.25) is 4.79 Å². The Bertz CT molecular complexity index is 851. The van der Waals surface area contributed by atoms with Gasteiger partial charge < -0.3 is 5.32 Å². The van der Waals surface area contributed by atoms with Crippen LogP contribution in [0.3, 0.4) is 0 Å². The number of thiazole rings is 1. The molecule has 24 heavy (non-hydrogen) atoms. The van der Waals surface area contributed by atoms with Crippen molar-refractivity contribution in [2.45, 2.75) is 27.2 Å². The molecule has 0 bridgehead atoms. The average molecular weight is 337 g/mol. The Labute approximate surface area is 145 Å². The van der Waals surface area contributed by atoms with Crippen molar-refractivity contribution < 1.29 is 4.79 Å². The number of hydrogen-bond acceptors (Lipinski definition) is 4. The summed E-state index contributed by atoms with van der Waals surface area (Å²) in [4.78, 5) is 22.1. The largest absolute Gasteiger partial charge is 0.310 e. The highest BCUT2D eigenvalue weighted by Crippen LogP contribution is 2.29. The van der Waals surface area contributed by atoms with Crippen LogP contribution in [0.2, 0.25) is 0 Å². The first-order valence-electron chi connectivity index (χ1n) is 7.77. The second-order valence-electron chi connectivity index (χ2n) is 5.82. The molecule has 0 unspecified atom stereocenters. The number of anilines is 1. The van der Waals surface area contributed by atoms with Gasteiger partial charge in [-0.2, -0.15) is 0 Å². The minimum absolute atomic E-state index is 0.0802. The van der Waals surface area contributed by atoms with Crippen molar-refractivity contribution in [3.63, 3.8) is 0 Å². The quantitative estimate of drug-likeness (QED) is 0.772. The van der Waals surface area contributed by atoms with E-state index in [2.05, 4.69) is 34.3 Å². The third kappa shape index (κ3) is 3.86. The number of pyridine rings is 1. The van der Waals surface area contributed by atoms with Crippen LogP contribution in [0, 0.1) is 20.8 Å². The van der Waals surface area contributed by atoms with E-state index in [0.717, 1.165) is 26.7 Å². The Morgan fingerprint density at radius 3 is 2.42 bits per heavy atom. The van der Waals surface area contributed by atoms with Crippen LogP contribution in [0.4, 0.5) is 5.82 Å². The molecule has 0 radical (unpaired) electrons. The normalized spacial score (nSPS) is 10.6. The van der Waals surface area contributed by atoms with E-state index < -0.39 is 0 Å².